The number of carbonyl (C=O) groups excluding carboxylic acids is 1. The highest BCUT2D eigenvalue weighted by atomic mass is 16.5. The van der Waals surface area contributed by atoms with Gasteiger partial charge >= 0.3 is 0 Å². The van der Waals surface area contributed by atoms with Crippen LogP contribution in [0.2, 0.25) is 0 Å². The van der Waals surface area contributed by atoms with Crippen molar-refractivity contribution in [3.05, 3.63) is 78.4 Å². The number of imidazole rings is 1. The molecule has 0 fully saturated rings. The van der Waals surface area contributed by atoms with Crippen LogP contribution in [0.25, 0.3) is 0 Å². The van der Waals surface area contributed by atoms with Crippen LogP contribution in [0, 0.1) is 0 Å². The Balaban J connectivity index is 1.51. The minimum atomic E-state index is 0.121. The summed E-state index contributed by atoms with van der Waals surface area (Å²) in [6, 6.07) is 17.5. The molecule has 0 bridgehead atoms. The molecule has 2 aromatic carbocycles. The van der Waals surface area contributed by atoms with Crippen LogP contribution in [0.4, 0.5) is 0 Å². The highest BCUT2D eigenvalue weighted by Crippen LogP contribution is 2.21. The number of ether oxygens (including phenoxy) is 1. The van der Waals surface area contributed by atoms with Gasteiger partial charge in [0, 0.05) is 45.4 Å². The number of para-hydroxylation sites is 1. The fourth-order valence-corrected chi connectivity index (χ4v) is 2.91. The van der Waals surface area contributed by atoms with Crippen molar-refractivity contribution in [3.8, 4) is 11.5 Å². The Morgan fingerprint density at radius 2 is 1.78 bits per heavy atom. The third-order valence-electron chi connectivity index (χ3n) is 4.43. The second-order valence-corrected chi connectivity index (χ2v) is 6.45. The highest BCUT2D eigenvalue weighted by molar-refractivity contribution is 5.75. The molecule has 0 spiro atoms. The summed E-state index contributed by atoms with van der Waals surface area (Å²) in [5.41, 5.74) is 1.07. The van der Waals surface area contributed by atoms with E-state index in [0.717, 1.165) is 29.3 Å². The molecule has 0 N–H and O–H groups in total. The van der Waals surface area contributed by atoms with Crippen molar-refractivity contribution in [2.24, 2.45) is 0 Å². The van der Waals surface area contributed by atoms with Gasteiger partial charge in [0.05, 0.1) is 0 Å². The second-order valence-electron chi connectivity index (χ2n) is 6.45. The van der Waals surface area contributed by atoms with E-state index in [2.05, 4.69) is 11.9 Å². The van der Waals surface area contributed by atoms with Gasteiger partial charge in [-0.05, 0) is 29.8 Å². The molecule has 1 heterocycles. The van der Waals surface area contributed by atoms with E-state index in [1.165, 1.54) is 0 Å². The molecule has 27 heavy (non-hydrogen) atoms. The van der Waals surface area contributed by atoms with E-state index in [0.29, 0.717) is 19.5 Å². The summed E-state index contributed by atoms with van der Waals surface area (Å²) < 4.78 is 7.84. The van der Waals surface area contributed by atoms with Crippen molar-refractivity contribution in [1.82, 2.24) is 14.5 Å². The molecule has 0 aliphatic heterocycles. The quantitative estimate of drug-likeness (QED) is 0.600. The molecule has 1 amide bonds. The Morgan fingerprint density at radius 3 is 2.48 bits per heavy atom. The van der Waals surface area contributed by atoms with E-state index < -0.39 is 0 Å². The number of hydrogen-bond acceptors (Lipinski definition) is 3. The summed E-state index contributed by atoms with van der Waals surface area (Å²) in [5.74, 6) is 2.73. The summed E-state index contributed by atoms with van der Waals surface area (Å²) in [7, 11) is 1.84. The Hall–Kier alpha value is -3.08. The molecule has 140 valence electrons. The van der Waals surface area contributed by atoms with Crippen LogP contribution in [0.1, 0.15) is 24.7 Å². The predicted octanol–water partition coefficient (Wildman–Crippen LogP) is 4.29. The molecule has 0 radical (unpaired) electrons. The van der Waals surface area contributed by atoms with Crippen LogP contribution in [-0.2, 0) is 24.3 Å². The molecule has 0 aliphatic rings. The van der Waals surface area contributed by atoms with Crippen molar-refractivity contribution in [2.75, 3.05) is 7.05 Å². The molecule has 5 heteroatoms. The fraction of sp³-hybridized carbons (Fsp3) is 0.273. The maximum absolute atomic E-state index is 12.4. The third-order valence-corrected chi connectivity index (χ3v) is 4.43. The lowest BCUT2D eigenvalue weighted by Crippen LogP contribution is -2.27. The maximum Gasteiger partial charge on any atom is 0.224 e. The molecule has 3 rings (SSSR count). The number of aryl methyl sites for hydroxylation is 2. The monoisotopic (exact) mass is 363 g/mol. The molecule has 0 unspecified atom stereocenters. The Labute approximate surface area is 160 Å². The zero-order chi connectivity index (χ0) is 19.1. The largest absolute Gasteiger partial charge is 0.457 e. The molecular formula is C22H25N3O2. The maximum atomic E-state index is 12.4. The first-order chi connectivity index (χ1) is 13.2. The van der Waals surface area contributed by atoms with Gasteiger partial charge in [-0.3, -0.25) is 4.79 Å². The van der Waals surface area contributed by atoms with E-state index >= 15 is 0 Å². The Morgan fingerprint density at radius 1 is 1.07 bits per heavy atom. The first kappa shape index (κ1) is 18.7. The summed E-state index contributed by atoms with van der Waals surface area (Å²) in [6.07, 6.45) is 5.05. The highest BCUT2D eigenvalue weighted by Gasteiger charge is 2.11. The van der Waals surface area contributed by atoms with E-state index in [1.807, 2.05) is 72.4 Å². The normalized spacial score (nSPS) is 10.6. The lowest BCUT2D eigenvalue weighted by molar-refractivity contribution is -0.130. The predicted molar refractivity (Wildman–Crippen MR) is 106 cm³/mol. The first-order valence-electron chi connectivity index (χ1n) is 9.21. The van der Waals surface area contributed by atoms with Crippen LogP contribution >= 0.6 is 0 Å². The van der Waals surface area contributed by atoms with Gasteiger partial charge in [-0.15, -0.1) is 0 Å². The third kappa shape index (κ3) is 5.20. The van der Waals surface area contributed by atoms with Crippen LogP contribution in [0.5, 0.6) is 11.5 Å². The topological polar surface area (TPSA) is 47.4 Å². The minimum Gasteiger partial charge on any atom is -0.457 e. The fourth-order valence-electron chi connectivity index (χ4n) is 2.91. The van der Waals surface area contributed by atoms with E-state index in [4.69, 9.17) is 4.74 Å². The van der Waals surface area contributed by atoms with Gasteiger partial charge in [0.25, 0.3) is 0 Å². The molecular weight excluding hydrogens is 338 g/mol. The molecule has 0 saturated heterocycles. The molecule has 0 saturated carbocycles. The molecule has 0 atom stereocenters. The van der Waals surface area contributed by atoms with E-state index in [1.54, 1.807) is 11.1 Å². The summed E-state index contributed by atoms with van der Waals surface area (Å²) in [5, 5.41) is 0. The standard InChI is InChI=1S/C22H25N3O2/c1-3-21-23-14-16-25(21)15-13-22(26)24(2)17-18-9-11-20(12-10-18)27-19-7-5-4-6-8-19/h4-12,14,16H,3,13,15,17H2,1-2H3. The van der Waals surface area contributed by atoms with Crippen molar-refractivity contribution < 1.29 is 9.53 Å². The number of nitrogens with zero attached hydrogens (tertiary/aromatic N) is 3. The molecule has 5 nitrogen and oxygen atoms in total. The van der Waals surface area contributed by atoms with Crippen molar-refractivity contribution in [1.29, 1.82) is 0 Å². The van der Waals surface area contributed by atoms with Crippen LogP contribution < -0.4 is 4.74 Å². The number of carbonyl (C=O) groups is 1. The first-order valence-corrected chi connectivity index (χ1v) is 9.21. The van der Waals surface area contributed by atoms with Crippen molar-refractivity contribution in [2.45, 2.75) is 32.9 Å². The van der Waals surface area contributed by atoms with Crippen molar-refractivity contribution in [3.63, 3.8) is 0 Å². The second kappa shape index (κ2) is 9.03. The number of amides is 1. The number of rotatable bonds is 8. The average Bonchev–Trinajstić information content (AvgIpc) is 3.16. The van der Waals surface area contributed by atoms with Crippen LogP contribution in [0.15, 0.2) is 67.0 Å². The lowest BCUT2D eigenvalue weighted by Gasteiger charge is -2.18. The van der Waals surface area contributed by atoms with Gasteiger partial charge in [0.2, 0.25) is 5.91 Å². The minimum absolute atomic E-state index is 0.121. The summed E-state index contributed by atoms with van der Waals surface area (Å²) >= 11 is 0. The van der Waals surface area contributed by atoms with E-state index in [9.17, 15) is 4.79 Å². The zero-order valence-electron chi connectivity index (χ0n) is 15.8. The molecule has 0 aliphatic carbocycles. The SMILES string of the molecule is CCc1nccn1CCC(=O)N(C)Cc1ccc(Oc2ccccc2)cc1. The lowest BCUT2D eigenvalue weighted by atomic mass is 10.2. The van der Waals surface area contributed by atoms with Gasteiger partial charge in [-0.25, -0.2) is 4.98 Å². The zero-order valence-corrected chi connectivity index (χ0v) is 15.8. The summed E-state index contributed by atoms with van der Waals surface area (Å²) in [6.45, 7) is 3.31. The van der Waals surface area contributed by atoms with Gasteiger partial charge in [-0.1, -0.05) is 37.3 Å². The van der Waals surface area contributed by atoms with Gasteiger partial charge in [0.1, 0.15) is 17.3 Å². The van der Waals surface area contributed by atoms with Gasteiger partial charge in [0.15, 0.2) is 0 Å². The van der Waals surface area contributed by atoms with Crippen molar-refractivity contribution >= 4 is 5.91 Å². The molecule has 3 aromatic rings. The van der Waals surface area contributed by atoms with Gasteiger partial charge < -0.3 is 14.2 Å². The average molecular weight is 363 g/mol. The van der Waals surface area contributed by atoms with Crippen LogP contribution in [-0.4, -0.2) is 27.4 Å². The van der Waals surface area contributed by atoms with E-state index in [-0.39, 0.29) is 5.91 Å². The number of benzene rings is 2. The Kier molecular flexibility index (Phi) is 6.26. The molecule has 1 aromatic heterocycles. The Bertz CT molecular complexity index is 857. The van der Waals surface area contributed by atoms with Crippen LogP contribution in [0.3, 0.4) is 0 Å². The number of aromatic nitrogens is 2. The number of hydrogen-bond donors (Lipinski definition) is 0. The summed E-state index contributed by atoms with van der Waals surface area (Å²) in [4.78, 5) is 18.5. The van der Waals surface area contributed by atoms with Gasteiger partial charge in [-0.2, -0.15) is 0 Å². The smallest absolute Gasteiger partial charge is 0.224 e.